The lowest BCUT2D eigenvalue weighted by atomic mass is 10.1. The summed E-state index contributed by atoms with van der Waals surface area (Å²) in [7, 11) is -0.279. The van der Waals surface area contributed by atoms with E-state index in [-0.39, 0.29) is 6.61 Å². The Kier molecular flexibility index (Phi) is 4.73. The summed E-state index contributed by atoms with van der Waals surface area (Å²) < 4.78 is 27.2. The molecule has 0 bridgehead atoms. The monoisotopic (exact) mass is 350 g/mol. The zero-order valence-corrected chi connectivity index (χ0v) is 14.7. The molecule has 1 N–H and O–H groups in total. The van der Waals surface area contributed by atoms with Crippen LogP contribution in [0.4, 0.5) is 5.69 Å². The summed E-state index contributed by atoms with van der Waals surface area (Å²) in [5.41, 5.74) is 2.45. The van der Waals surface area contributed by atoms with Crippen LogP contribution in [0.25, 0.3) is 10.9 Å². The molecule has 3 rings (SSSR count). The van der Waals surface area contributed by atoms with Crippen molar-refractivity contribution in [1.29, 1.82) is 0 Å². The number of para-hydroxylation sites is 1. The first kappa shape index (κ1) is 17.1. The molecule has 8 heteroatoms. The number of aliphatic hydroxyl groups excluding tert-OH is 1. The fourth-order valence-corrected chi connectivity index (χ4v) is 4.03. The molecule has 0 aliphatic carbocycles. The molecule has 1 aromatic carbocycles. The minimum atomic E-state index is -3.37. The summed E-state index contributed by atoms with van der Waals surface area (Å²) in [4.78, 5) is 6.59. The molecule has 1 fully saturated rings. The Morgan fingerprint density at radius 2 is 1.83 bits per heavy atom. The topological polar surface area (TPSA) is 77.0 Å². The van der Waals surface area contributed by atoms with E-state index in [9.17, 15) is 13.5 Å². The lowest BCUT2D eigenvalue weighted by molar-refractivity contribution is 0.277. The Labute approximate surface area is 142 Å². The first-order valence-corrected chi connectivity index (χ1v) is 9.25. The molecule has 0 radical (unpaired) electrons. The van der Waals surface area contributed by atoms with E-state index in [4.69, 9.17) is 0 Å². The van der Waals surface area contributed by atoms with Gasteiger partial charge in [-0.1, -0.05) is 18.2 Å². The van der Waals surface area contributed by atoms with Gasteiger partial charge in [0, 0.05) is 51.3 Å². The van der Waals surface area contributed by atoms with Gasteiger partial charge in [-0.3, -0.25) is 4.98 Å². The maximum Gasteiger partial charge on any atom is 0.281 e. The number of aromatic nitrogens is 1. The predicted octanol–water partition coefficient (Wildman–Crippen LogP) is 0.656. The van der Waals surface area contributed by atoms with Crippen LogP contribution in [-0.2, 0) is 16.8 Å². The second-order valence-corrected chi connectivity index (χ2v) is 8.13. The number of hydrogen-bond donors (Lipinski definition) is 1. The number of benzene rings is 1. The van der Waals surface area contributed by atoms with Crippen LogP contribution in [0.3, 0.4) is 0 Å². The molecule has 2 aromatic rings. The summed E-state index contributed by atoms with van der Waals surface area (Å²) in [6.07, 6.45) is 0. The smallest absolute Gasteiger partial charge is 0.281 e. The highest BCUT2D eigenvalue weighted by Gasteiger charge is 2.29. The van der Waals surface area contributed by atoms with Gasteiger partial charge >= 0.3 is 0 Å². The lowest BCUT2D eigenvalue weighted by Gasteiger charge is -2.36. The fraction of sp³-hybridized carbons (Fsp3) is 0.438. The third-order valence-corrected chi connectivity index (χ3v) is 6.22. The zero-order chi connectivity index (χ0) is 17.3. The summed E-state index contributed by atoms with van der Waals surface area (Å²) in [6, 6.07) is 9.69. The van der Waals surface area contributed by atoms with Gasteiger partial charge in [0.15, 0.2) is 0 Å². The molecule has 0 atom stereocenters. The van der Waals surface area contributed by atoms with E-state index in [0.717, 1.165) is 16.6 Å². The van der Waals surface area contributed by atoms with Crippen LogP contribution in [0, 0.1) is 0 Å². The molecule has 1 aliphatic rings. The Morgan fingerprint density at radius 3 is 2.46 bits per heavy atom. The molecule has 130 valence electrons. The highest BCUT2D eigenvalue weighted by Crippen LogP contribution is 2.28. The second kappa shape index (κ2) is 6.64. The van der Waals surface area contributed by atoms with Crippen LogP contribution in [0.1, 0.15) is 5.69 Å². The predicted molar refractivity (Wildman–Crippen MR) is 94.1 cm³/mol. The van der Waals surface area contributed by atoms with Crippen LogP contribution in [0.5, 0.6) is 0 Å². The lowest BCUT2D eigenvalue weighted by Crippen LogP contribution is -2.51. The molecule has 7 nitrogen and oxygen atoms in total. The van der Waals surface area contributed by atoms with Crippen molar-refractivity contribution in [3.63, 3.8) is 0 Å². The minimum Gasteiger partial charge on any atom is -0.390 e. The van der Waals surface area contributed by atoms with E-state index >= 15 is 0 Å². The molecule has 0 amide bonds. The number of piperazine rings is 1. The molecular weight excluding hydrogens is 328 g/mol. The van der Waals surface area contributed by atoms with E-state index in [2.05, 4.69) is 9.88 Å². The summed E-state index contributed by atoms with van der Waals surface area (Å²) in [5.74, 6) is 0. The van der Waals surface area contributed by atoms with Crippen LogP contribution in [0.15, 0.2) is 30.3 Å². The van der Waals surface area contributed by atoms with Crippen molar-refractivity contribution in [2.45, 2.75) is 6.61 Å². The van der Waals surface area contributed by atoms with Gasteiger partial charge in [0.05, 0.1) is 17.8 Å². The first-order valence-electron chi connectivity index (χ1n) is 7.85. The molecule has 1 aromatic heterocycles. The van der Waals surface area contributed by atoms with Gasteiger partial charge in [0.25, 0.3) is 10.2 Å². The Morgan fingerprint density at radius 1 is 1.17 bits per heavy atom. The standard InChI is InChI=1S/C16H22N4O3S/c1-18(2)24(22,23)20-9-7-19(8-10-20)16-11-13(12-21)17-15-6-4-3-5-14(15)16/h3-6,11,21H,7-10,12H2,1-2H3. The Bertz CT molecular complexity index is 830. The molecule has 2 heterocycles. The van der Waals surface area contributed by atoms with Crippen molar-refractivity contribution in [3.8, 4) is 0 Å². The first-order chi connectivity index (χ1) is 11.4. The molecule has 1 saturated heterocycles. The van der Waals surface area contributed by atoms with Crippen molar-refractivity contribution in [3.05, 3.63) is 36.0 Å². The van der Waals surface area contributed by atoms with E-state index in [1.807, 2.05) is 30.3 Å². The van der Waals surface area contributed by atoms with Crippen molar-refractivity contribution in [1.82, 2.24) is 13.6 Å². The third-order valence-electron chi connectivity index (χ3n) is 4.28. The van der Waals surface area contributed by atoms with E-state index in [1.54, 1.807) is 14.1 Å². The number of aliphatic hydroxyl groups is 1. The third kappa shape index (κ3) is 3.10. The van der Waals surface area contributed by atoms with E-state index < -0.39 is 10.2 Å². The van der Waals surface area contributed by atoms with Crippen molar-refractivity contribution < 1.29 is 13.5 Å². The maximum atomic E-state index is 12.2. The number of nitrogens with zero attached hydrogens (tertiary/aromatic N) is 4. The van der Waals surface area contributed by atoms with Gasteiger partial charge in [-0.2, -0.15) is 17.0 Å². The largest absolute Gasteiger partial charge is 0.390 e. The van der Waals surface area contributed by atoms with Gasteiger partial charge in [0.1, 0.15) is 0 Å². The van der Waals surface area contributed by atoms with Crippen molar-refractivity contribution in [2.24, 2.45) is 0 Å². The number of pyridine rings is 1. The van der Waals surface area contributed by atoms with Crippen LogP contribution in [-0.4, -0.2) is 67.4 Å². The van der Waals surface area contributed by atoms with Crippen LogP contribution in [0.2, 0.25) is 0 Å². The zero-order valence-electron chi connectivity index (χ0n) is 13.9. The molecule has 24 heavy (non-hydrogen) atoms. The average molecular weight is 350 g/mol. The minimum absolute atomic E-state index is 0.118. The number of hydrogen-bond acceptors (Lipinski definition) is 5. The highest BCUT2D eigenvalue weighted by molar-refractivity contribution is 7.86. The van der Waals surface area contributed by atoms with Crippen molar-refractivity contribution in [2.75, 3.05) is 45.2 Å². The summed E-state index contributed by atoms with van der Waals surface area (Å²) in [6.45, 7) is 1.96. The second-order valence-electron chi connectivity index (χ2n) is 5.98. The average Bonchev–Trinajstić information content (AvgIpc) is 2.60. The van der Waals surface area contributed by atoms with Crippen LogP contribution >= 0.6 is 0 Å². The summed E-state index contributed by atoms with van der Waals surface area (Å²) in [5, 5.41) is 10.5. The van der Waals surface area contributed by atoms with E-state index in [0.29, 0.717) is 31.9 Å². The van der Waals surface area contributed by atoms with Gasteiger partial charge in [-0.05, 0) is 12.1 Å². The molecule has 0 spiro atoms. The Balaban J connectivity index is 1.88. The van der Waals surface area contributed by atoms with Crippen molar-refractivity contribution >= 4 is 26.8 Å². The Hall–Kier alpha value is -1.74. The quantitative estimate of drug-likeness (QED) is 0.876. The molecular formula is C16H22N4O3S. The number of rotatable bonds is 4. The molecule has 0 saturated carbocycles. The number of anilines is 1. The normalized spacial score (nSPS) is 16.9. The maximum absolute atomic E-state index is 12.2. The summed E-state index contributed by atoms with van der Waals surface area (Å²) >= 11 is 0. The molecule has 0 unspecified atom stereocenters. The fourth-order valence-electron chi connectivity index (χ4n) is 2.94. The van der Waals surface area contributed by atoms with Gasteiger partial charge in [0.2, 0.25) is 0 Å². The highest BCUT2D eigenvalue weighted by atomic mass is 32.2. The van der Waals surface area contributed by atoms with Gasteiger partial charge in [-0.15, -0.1) is 0 Å². The van der Waals surface area contributed by atoms with E-state index in [1.165, 1.54) is 8.61 Å². The molecule has 1 aliphatic heterocycles. The number of fused-ring (bicyclic) bond motifs is 1. The van der Waals surface area contributed by atoms with Gasteiger partial charge < -0.3 is 10.0 Å². The van der Waals surface area contributed by atoms with Crippen LogP contribution < -0.4 is 4.90 Å². The van der Waals surface area contributed by atoms with Gasteiger partial charge in [-0.25, -0.2) is 0 Å². The SMILES string of the molecule is CN(C)S(=O)(=O)N1CCN(c2cc(CO)nc3ccccc23)CC1.